The number of carbonyl (C=O) groups excluding carboxylic acids is 1. The fourth-order valence-electron chi connectivity index (χ4n) is 2.50. The van der Waals surface area contributed by atoms with Gasteiger partial charge in [-0.3, -0.25) is 9.69 Å². The minimum absolute atomic E-state index is 0.0881. The summed E-state index contributed by atoms with van der Waals surface area (Å²) in [6.45, 7) is 4.30. The van der Waals surface area contributed by atoms with Crippen LogP contribution in [0.3, 0.4) is 0 Å². The SMILES string of the molecule is CCC(C#N)N1CCN(C(=O)c2cc(Br)ccc2F)CC1. The molecule has 1 fully saturated rings. The molecule has 1 aliphatic rings. The first-order valence-corrected chi connectivity index (χ1v) is 7.74. The molecule has 0 N–H and O–H groups in total. The molecule has 0 radical (unpaired) electrons. The second-order valence-corrected chi connectivity index (χ2v) is 5.92. The molecule has 1 heterocycles. The Bertz CT molecular complexity index is 565. The molecular weight excluding hydrogens is 337 g/mol. The van der Waals surface area contributed by atoms with Gasteiger partial charge >= 0.3 is 0 Å². The van der Waals surface area contributed by atoms with Crippen LogP contribution in [0.2, 0.25) is 0 Å². The first-order valence-electron chi connectivity index (χ1n) is 6.94. The molecular formula is C15H17BrFN3O. The maximum absolute atomic E-state index is 13.8. The molecule has 1 aromatic carbocycles. The van der Waals surface area contributed by atoms with E-state index in [1.54, 1.807) is 11.0 Å². The van der Waals surface area contributed by atoms with Gasteiger partial charge in [0.2, 0.25) is 0 Å². The van der Waals surface area contributed by atoms with Gasteiger partial charge in [0.15, 0.2) is 0 Å². The molecule has 1 aliphatic heterocycles. The lowest BCUT2D eigenvalue weighted by molar-refractivity contribution is 0.0600. The van der Waals surface area contributed by atoms with Crippen molar-refractivity contribution in [2.24, 2.45) is 0 Å². The Labute approximate surface area is 132 Å². The summed E-state index contributed by atoms with van der Waals surface area (Å²) in [5, 5.41) is 9.07. The van der Waals surface area contributed by atoms with Crippen LogP contribution in [-0.4, -0.2) is 47.9 Å². The Kier molecular flexibility index (Phi) is 5.32. The lowest BCUT2D eigenvalue weighted by Gasteiger charge is -2.36. The van der Waals surface area contributed by atoms with E-state index in [2.05, 4.69) is 26.9 Å². The summed E-state index contributed by atoms with van der Waals surface area (Å²) in [6, 6.07) is 6.53. The molecule has 2 rings (SSSR count). The molecule has 0 aromatic heterocycles. The summed E-state index contributed by atoms with van der Waals surface area (Å²) in [5.74, 6) is -0.799. The largest absolute Gasteiger partial charge is 0.336 e. The van der Waals surface area contributed by atoms with E-state index in [0.717, 1.165) is 6.42 Å². The zero-order chi connectivity index (χ0) is 15.4. The van der Waals surface area contributed by atoms with Gasteiger partial charge < -0.3 is 4.90 Å². The summed E-state index contributed by atoms with van der Waals surface area (Å²) in [5.41, 5.74) is 0.0881. The van der Waals surface area contributed by atoms with Crippen LogP contribution in [0.15, 0.2) is 22.7 Å². The number of benzene rings is 1. The van der Waals surface area contributed by atoms with Crippen molar-refractivity contribution in [3.63, 3.8) is 0 Å². The highest BCUT2D eigenvalue weighted by Gasteiger charge is 2.27. The molecule has 0 aliphatic carbocycles. The number of carbonyl (C=O) groups is 1. The van der Waals surface area contributed by atoms with Crippen LogP contribution in [0.4, 0.5) is 4.39 Å². The number of rotatable bonds is 3. The number of amides is 1. The van der Waals surface area contributed by atoms with Crippen molar-refractivity contribution in [3.05, 3.63) is 34.1 Å². The van der Waals surface area contributed by atoms with Gasteiger partial charge in [0.05, 0.1) is 17.7 Å². The number of piperazine rings is 1. The van der Waals surface area contributed by atoms with Gasteiger partial charge in [-0.05, 0) is 24.6 Å². The highest BCUT2D eigenvalue weighted by molar-refractivity contribution is 9.10. The Balaban J connectivity index is 2.04. The molecule has 4 nitrogen and oxygen atoms in total. The fourth-order valence-corrected chi connectivity index (χ4v) is 2.86. The molecule has 0 spiro atoms. The van der Waals surface area contributed by atoms with Gasteiger partial charge in [-0.25, -0.2) is 4.39 Å². The molecule has 0 bridgehead atoms. The first kappa shape index (κ1) is 15.9. The Morgan fingerprint density at radius 2 is 2.10 bits per heavy atom. The van der Waals surface area contributed by atoms with Crippen LogP contribution in [-0.2, 0) is 0 Å². The van der Waals surface area contributed by atoms with Crippen LogP contribution < -0.4 is 0 Å². The van der Waals surface area contributed by atoms with Gasteiger partial charge in [-0.2, -0.15) is 5.26 Å². The van der Waals surface area contributed by atoms with E-state index in [-0.39, 0.29) is 17.5 Å². The van der Waals surface area contributed by atoms with E-state index in [4.69, 9.17) is 5.26 Å². The third kappa shape index (κ3) is 3.60. The first-order chi connectivity index (χ1) is 10.1. The zero-order valence-corrected chi connectivity index (χ0v) is 13.4. The summed E-state index contributed by atoms with van der Waals surface area (Å²) in [4.78, 5) is 16.1. The zero-order valence-electron chi connectivity index (χ0n) is 11.9. The minimum atomic E-state index is -0.505. The third-order valence-electron chi connectivity index (χ3n) is 3.74. The van der Waals surface area contributed by atoms with Gasteiger partial charge in [-0.1, -0.05) is 22.9 Å². The van der Waals surface area contributed by atoms with Crippen molar-refractivity contribution in [2.75, 3.05) is 26.2 Å². The monoisotopic (exact) mass is 353 g/mol. The maximum Gasteiger partial charge on any atom is 0.256 e. The highest BCUT2D eigenvalue weighted by atomic mass is 79.9. The van der Waals surface area contributed by atoms with Crippen molar-refractivity contribution < 1.29 is 9.18 Å². The van der Waals surface area contributed by atoms with Crippen LogP contribution in [0.25, 0.3) is 0 Å². The van der Waals surface area contributed by atoms with Crippen LogP contribution >= 0.6 is 15.9 Å². The van der Waals surface area contributed by atoms with Crippen molar-refractivity contribution in [1.82, 2.24) is 9.80 Å². The number of nitriles is 1. The average molecular weight is 354 g/mol. The third-order valence-corrected chi connectivity index (χ3v) is 4.23. The maximum atomic E-state index is 13.8. The van der Waals surface area contributed by atoms with Crippen LogP contribution in [0, 0.1) is 17.1 Å². The molecule has 112 valence electrons. The predicted molar refractivity (Wildman–Crippen MR) is 81.3 cm³/mol. The lowest BCUT2D eigenvalue weighted by atomic mass is 10.1. The van der Waals surface area contributed by atoms with Crippen molar-refractivity contribution >= 4 is 21.8 Å². The Hall–Kier alpha value is -1.45. The number of nitrogens with zero attached hydrogens (tertiary/aromatic N) is 3. The van der Waals surface area contributed by atoms with E-state index < -0.39 is 5.82 Å². The van der Waals surface area contributed by atoms with E-state index in [1.165, 1.54) is 12.1 Å². The second kappa shape index (κ2) is 7.01. The van der Waals surface area contributed by atoms with E-state index >= 15 is 0 Å². The average Bonchev–Trinajstić information content (AvgIpc) is 2.51. The standard InChI is InChI=1S/C15H17BrFN3O/c1-2-12(10-18)19-5-7-20(8-6-19)15(21)13-9-11(16)3-4-14(13)17/h3-4,9,12H,2,5-8H2,1H3. The van der Waals surface area contributed by atoms with Crippen molar-refractivity contribution in [1.29, 1.82) is 5.26 Å². The molecule has 1 aromatic rings. The minimum Gasteiger partial charge on any atom is -0.336 e. The lowest BCUT2D eigenvalue weighted by Crippen LogP contribution is -2.51. The molecule has 1 amide bonds. The summed E-state index contributed by atoms with van der Waals surface area (Å²) < 4.78 is 14.4. The molecule has 1 atom stereocenters. The summed E-state index contributed by atoms with van der Waals surface area (Å²) >= 11 is 3.25. The Morgan fingerprint density at radius 1 is 1.43 bits per heavy atom. The highest BCUT2D eigenvalue weighted by Crippen LogP contribution is 2.18. The quantitative estimate of drug-likeness (QED) is 0.839. The van der Waals surface area contributed by atoms with Gasteiger partial charge in [-0.15, -0.1) is 0 Å². The van der Waals surface area contributed by atoms with E-state index in [0.29, 0.717) is 30.7 Å². The second-order valence-electron chi connectivity index (χ2n) is 5.01. The van der Waals surface area contributed by atoms with Gasteiger partial charge in [0, 0.05) is 30.7 Å². The number of hydrogen-bond acceptors (Lipinski definition) is 3. The fraction of sp³-hybridized carbons (Fsp3) is 0.467. The number of hydrogen-bond donors (Lipinski definition) is 0. The smallest absolute Gasteiger partial charge is 0.256 e. The van der Waals surface area contributed by atoms with E-state index in [1.807, 2.05) is 6.92 Å². The molecule has 1 unspecified atom stereocenters. The van der Waals surface area contributed by atoms with Gasteiger partial charge in [0.25, 0.3) is 5.91 Å². The van der Waals surface area contributed by atoms with Crippen molar-refractivity contribution in [3.8, 4) is 6.07 Å². The van der Waals surface area contributed by atoms with Crippen LogP contribution in [0.1, 0.15) is 23.7 Å². The molecule has 1 saturated heterocycles. The molecule has 0 saturated carbocycles. The summed E-state index contributed by atoms with van der Waals surface area (Å²) in [6.07, 6.45) is 0.769. The van der Waals surface area contributed by atoms with E-state index in [9.17, 15) is 9.18 Å². The van der Waals surface area contributed by atoms with Gasteiger partial charge in [0.1, 0.15) is 5.82 Å². The molecule has 21 heavy (non-hydrogen) atoms. The number of halogens is 2. The topological polar surface area (TPSA) is 47.3 Å². The normalized spacial score (nSPS) is 17.3. The predicted octanol–water partition coefficient (Wildman–Crippen LogP) is 2.65. The molecule has 6 heteroatoms. The van der Waals surface area contributed by atoms with Crippen molar-refractivity contribution in [2.45, 2.75) is 19.4 Å². The summed E-state index contributed by atoms with van der Waals surface area (Å²) in [7, 11) is 0. The Morgan fingerprint density at radius 3 is 2.67 bits per heavy atom. The van der Waals surface area contributed by atoms with Crippen LogP contribution in [0.5, 0.6) is 0 Å².